The van der Waals surface area contributed by atoms with Gasteiger partial charge in [0.1, 0.15) is 17.4 Å². The summed E-state index contributed by atoms with van der Waals surface area (Å²) in [5.41, 5.74) is 1.79. The van der Waals surface area contributed by atoms with Crippen LogP contribution in [0.25, 0.3) is 0 Å². The molecule has 1 atom stereocenters. The highest BCUT2D eigenvalue weighted by atomic mass is 19.1. The van der Waals surface area contributed by atoms with Crippen LogP contribution in [0, 0.1) is 17.6 Å². The van der Waals surface area contributed by atoms with E-state index in [9.17, 15) is 18.4 Å². The molecule has 0 spiro atoms. The zero-order valence-corrected chi connectivity index (χ0v) is 16.3. The molecule has 148 valence electrons. The van der Waals surface area contributed by atoms with Crippen molar-refractivity contribution in [3.63, 3.8) is 0 Å². The zero-order valence-electron chi connectivity index (χ0n) is 16.3. The number of anilines is 1. The maximum absolute atomic E-state index is 14.2. The summed E-state index contributed by atoms with van der Waals surface area (Å²) in [4.78, 5) is 27.4. The Kier molecular flexibility index (Phi) is 6.22. The molecule has 0 aromatic heterocycles. The van der Waals surface area contributed by atoms with Gasteiger partial charge in [0, 0.05) is 18.7 Å². The van der Waals surface area contributed by atoms with E-state index in [1.54, 1.807) is 29.2 Å². The summed E-state index contributed by atoms with van der Waals surface area (Å²) in [5, 5.41) is 0. The van der Waals surface area contributed by atoms with E-state index >= 15 is 0 Å². The molecule has 2 aromatic carbocycles. The van der Waals surface area contributed by atoms with Gasteiger partial charge in [0.25, 0.3) is 0 Å². The lowest BCUT2D eigenvalue weighted by atomic mass is 9.92. The van der Waals surface area contributed by atoms with E-state index in [4.69, 9.17) is 0 Å². The lowest BCUT2D eigenvalue weighted by Gasteiger charge is -2.24. The van der Waals surface area contributed by atoms with Crippen molar-refractivity contribution in [2.45, 2.75) is 45.4 Å². The molecule has 1 aliphatic heterocycles. The average molecular weight is 385 g/mol. The van der Waals surface area contributed by atoms with Gasteiger partial charge in [-0.25, -0.2) is 8.78 Å². The first-order chi connectivity index (χ1) is 13.4. The Morgan fingerprint density at radius 2 is 1.82 bits per heavy atom. The molecule has 5 heteroatoms. The number of amides is 1. The van der Waals surface area contributed by atoms with Crippen LogP contribution < -0.4 is 4.90 Å². The molecule has 0 N–H and O–H groups in total. The van der Waals surface area contributed by atoms with E-state index in [1.807, 2.05) is 13.8 Å². The lowest BCUT2D eigenvalue weighted by molar-refractivity contribution is -0.132. The Balaban J connectivity index is 1.77. The highest BCUT2D eigenvalue weighted by molar-refractivity contribution is 6.09. The van der Waals surface area contributed by atoms with Gasteiger partial charge < -0.3 is 4.90 Å². The van der Waals surface area contributed by atoms with Gasteiger partial charge in [0.05, 0.1) is 5.92 Å². The number of ketones is 1. The predicted molar refractivity (Wildman–Crippen MR) is 105 cm³/mol. The molecule has 1 saturated heterocycles. The van der Waals surface area contributed by atoms with Crippen LogP contribution in [0.2, 0.25) is 0 Å². The van der Waals surface area contributed by atoms with Crippen molar-refractivity contribution in [2.75, 3.05) is 11.4 Å². The van der Waals surface area contributed by atoms with Crippen molar-refractivity contribution in [1.29, 1.82) is 0 Å². The fourth-order valence-electron chi connectivity index (χ4n) is 3.69. The van der Waals surface area contributed by atoms with Gasteiger partial charge in [-0.15, -0.1) is 0 Å². The molecule has 2 aromatic rings. The summed E-state index contributed by atoms with van der Waals surface area (Å²) in [6.07, 6.45) is 2.07. The molecular weight excluding hydrogens is 360 g/mol. The van der Waals surface area contributed by atoms with Crippen LogP contribution in [-0.4, -0.2) is 18.2 Å². The zero-order chi connectivity index (χ0) is 20.3. The monoisotopic (exact) mass is 385 g/mol. The minimum atomic E-state index is -0.750. The van der Waals surface area contributed by atoms with Gasteiger partial charge in [0.15, 0.2) is 0 Å². The van der Waals surface area contributed by atoms with Gasteiger partial charge in [-0.2, -0.15) is 0 Å². The quantitative estimate of drug-likeness (QED) is 0.677. The van der Waals surface area contributed by atoms with Crippen LogP contribution in [0.5, 0.6) is 0 Å². The molecule has 0 radical (unpaired) electrons. The van der Waals surface area contributed by atoms with Crippen LogP contribution in [0.3, 0.4) is 0 Å². The Bertz CT molecular complexity index is 861. The molecule has 1 heterocycles. The van der Waals surface area contributed by atoms with E-state index in [0.717, 1.165) is 12.8 Å². The van der Waals surface area contributed by atoms with Crippen molar-refractivity contribution in [1.82, 2.24) is 0 Å². The highest BCUT2D eigenvalue weighted by Crippen LogP contribution is 2.26. The second-order valence-corrected chi connectivity index (χ2v) is 7.67. The Morgan fingerprint density at radius 1 is 1.11 bits per heavy atom. The Morgan fingerprint density at radius 3 is 2.46 bits per heavy atom. The molecule has 3 rings (SSSR count). The summed E-state index contributed by atoms with van der Waals surface area (Å²) in [6.45, 7) is 4.33. The van der Waals surface area contributed by atoms with E-state index in [2.05, 4.69) is 0 Å². The van der Waals surface area contributed by atoms with E-state index < -0.39 is 5.92 Å². The van der Waals surface area contributed by atoms with Gasteiger partial charge in [-0.05, 0) is 60.2 Å². The van der Waals surface area contributed by atoms with Gasteiger partial charge >= 0.3 is 0 Å². The van der Waals surface area contributed by atoms with Crippen LogP contribution >= 0.6 is 0 Å². The SMILES string of the molecule is CC(C)c1ccc(CC(=O)C2CCCCN(c3ccc(F)cc3)C2=O)cc1F. The first-order valence-corrected chi connectivity index (χ1v) is 9.75. The molecular formula is C23H25F2NO2. The smallest absolute Gasteiger partial charge is 0.237 e. The number of carbonyl (C=O) groups excluding carboxylic acids is 2. The molecule has 1 unspecified atom stereocenters. The van der Waals surface area contributed by atoms with Crippen LogP contribution in [0.1, 0.15) is 50.2 Å². The number of hydrogen-bond donors (Lipinski definition) is 0. The fraction of sp³-hybridized carbons (Fsp3) is 0.391. The number of Topliss-reactive ketones (excluding diaryl/α,β-unsaturated/α-hetero) is 1. The lowest BCUT2D eigenvalue weighted by Crippen LogP contribution is -2.38. The van der Waals surface area contributed by atoms with Gasteiger partial charge in [-0.1, -0.05) is 32.4 Å². The topological polar surface area (TPSA) is 37.4 Å². The van der Waals surface area contributed by atoms with Crippen LogP contribution in [0.4, 0.5) is 14.5 Å². The van der Waals surface area contributed by atoms with E-state index in [-0.39, 0.29) is 35.7 Å². The van der Waals surface area contributed by atoms with Crippen LogP contribution in [-0.2, 0) is 16.0 Å². The number of nitrogens with zero attached hydrogens (tertiary/aromatic N) is 1. The first-order valence-electron chi connectivity index (χ1n) is 9.75. The highest BCUT2D eigenvalue weighted by Gasteiger charge is 2.33. The third-order valence-electron chi connectivity index (χ3n) is 5.28. The van der Waals surface area contributed by atoms with Crippen molar-refractivity contribution in [3.05, 3.63) is 65.2 Å². The molecule has 0 aliphatic carbocycles. The van der Waals surface area contributed by atoms with E-state index in [0.29, 0.717) is 29.8 Å². The number of hydrogen-bond acceptors (Lipinski definition) is 2. The van der Waals surface area contributed by atoms with Crippen molar-refractivity contribution in [2.24, 2.45) is 5.92 Å². The third-order valence-corrected chi connectivity index (χ3v) is 5.28. The van der Waals surface area contributed by atoms with Gasteiger partial charge in [0.2, 0.25) is 5.91 Å². The minimum Gasteiger partial charge on any atom is -0.312 e. The second kappa shape index (κ2) is 8.63. The summed E-state index contributed by atoms with van der Waals surface area (Å²) in [5.74, 6) is -1.83. The number of carbonyl (C=O) groups is 2. The molecule has 0 bridgehead atoms. The average Bonchev–Trinajstić information content (AvgIpc) is 2.84. The molecule has 1 aliphatic rings. The fourth-order valence-corrected chi connectivity index (χ4v) is 3.69. The largest absolute Gasteiger partial charge is 0.312 e. The summed E-state index contributed by atoms with van der Waals surface area (Å²) in [6, 6.07) is 10.6. The molecule has 1 fully saturated rings. The van der Waals surface area contributed by atoms with Crippen molar-refractivity contribution in [3.8, 4) is 0 Å². The number of halogens is 2. The Hall–Kier alpha value is -2.56. The number of benzene rings is 2. The molecule has 3 nitrogen and oxygen atoms in total. The standard InChI is InChI=1S/C23H25F2NO2/c1-15(2)19-11-6-16(13-21(19)25)14-22(27)20-5-3-4-12-26(23(20)28)18-9-7-17(24)8-10-18/h6-11,13,15,20H,3-5,12,14H2,1-2H3. The second-order valence-electron chi connectivity index (χ2n) is 7.67. The minimum absolute atomic E-state index is 0.0307. The summed E-state index contributed by atoms with van der Waals surface area (Å²) >= 11 is 0. The first kappa shape index (κ1) is 20.2. The molecule has 28 heavy (non-hydrogen) atoms. The number of rotatable bonds is 5. The summed E-state index contributed by atoms with van der Waals surface area (Å²) in [7, 11) is 0. The molecule has 0 saturated carbocycles. The van der Waals surface area contributed by atoms with Crippen LogP contribution in [0.15, 0.2) is 42.5 Å². The maximum Gasteiger partial charge on any atom is 0.237 e. The summed E-state index contributed by atoms with van der Waals surface area (Å²) < 4.78 is 27.4. The predicted octanol–water partition coefficient (Wildman–Crippen LogP) is 5.03. The Labute approximate surface area is 164 Å². The van der Waals surface area contributed by atoms with Gasteiger partial charge in [-0.3, -0.25) is 9.59 Å². The van der Waals surface area contributed by atoms with Crippen molar-refractivity contribution < 1.29 is 18.4 Å². The van der Waals surface area contributed by atoms with E-state index in [1.165, 1.54) is 18.2 Å². The van der Waals surface area contributed by atoms with Crippen molar-refractivity contribution >= 4 is 17.4 Å². The molecule has 1 amide bonds. The normalized spacial score (nSPS) is 17.7. The third kappa shape index (κ3) is 4.46. The maximum atomic E-state index is 14.2.